The van der Waals surface area contributed by atoms with Crippen LogP contribution in [0.5, 0.6) is 0 Å². The van der Waals surface area contributed by atoms with Gasteiger partial charge in [0.2, 0.25) is 5.95 Å². The molecule has 2 rings (SSSR count). The van der Waals surface area contributed by atoms with Crippen molar-refractivity contribution < 1.29 is 0 Å². The zero-order valence-corrected chi connectivity index (χ0v) is 11.3. The summed E-state index contributed by atoms with van der Waals surface area (Å²) in [7, 11) is 0. The fourth-order valence-electron chi connectivity index (χ4n) is 1.69. The van der Waals surface area contributed by atoms with E-state index in [0.29, 0.717) is 5.95 Å². The van der Waals surface area contributed by atoms with Gasteiger partial charge in [-0.25, -0.2) is 10.8 Å². The van der Waals surface area contributed by atoms with Crippen molar-refractivity contribution in [1.82, 2.24) is 9.97 Å². The summed E-state index contributed by atoms with van der Waals surface area (Å²) in [6.45, 7) is 4.12. The molecule has 0 fully saturated rings. The number of nitrogens with one attached hydrogen (secondary N) is 2. The lowest BCUT2D eigenvalue weighted by Gasteiger charge is -2.17. The van der Waals surface area contributed by atoms with E-state index in [2.05, 4.69) is 45.1 Å². The van der Waals surface area contributed by atoms with Gasteiger partial charge in [0.15, 0.2) is 0 Å². The fourth-order valence-corrected chi connectivity index (χ4v) is 2.55. The van der Waals surface area contributed by atoms with Crippen molar-refractivity contribution in [3.05, 3.63) is 34.2 Å². The van der Waals surface area contributed by atoms with Gasteiger partial charge < -0.3 is 5.32 Å². The summed E-state index contributed by atoms with van der Waals surface area (Å²) in [6.07, 6.45) is 2.75. The van der Waals surface area contributed by atoms with Gasteiger partial charge in [-0.15, -0.1) is 11.3 Å². The van der Waals surface area contributed by atoms with Crippen LogP contribution in [0.15, 0.2) is 23.7 Å². The first-order chi connectivity index (χ1) is 8.74. The molecule has 0 aliphatic rings. The zero-order chi connectivity index (χ0) is 13.0. The van der Waals surface area contributed by atoms with Gasteiger partial charge in [-0.05, 0) is 24.8 Å². The Balaban J connectivity index is 2.21. The Morgan fingerprint density at radius 3 is 2.94 bits per heavy atom. The highest BCUT2D eigenvalue weighted by Gasteiger charge is 2.12. The molecule has 0 saturated heterocycles. The van der Waals surface area contributed by atoms with Crippen molar-refractivity contribution in [2.75, 3.05) is 10.7 Å². The number of rotatable bonds is 5. The molecule has 6 heteroatoms. The molecule has 0 bridgehead atoms. The van der Waals surface area contributed by atoms with Crippen LogP contribution in [-0.2, 0) is 0 Å². The third-order valence-electron chi connectivity index (χ3n) is 2.71. The first kappa shape index (κ1) is 12.8. The molecule has 0 radical (unpaired) electrons. The number of thiophene rings is 1. The lowest BCUT2D eigenvalue weighted by Crippen LogP contribution is -2.15. The number of nitrogen functional groups attached to an aromatic ring is 1. The summed E-state index contributed by atoms with van der Waals surface area (Å²) in [5.74, 6) is 6.56. The summed E-state index contributed by atoms with van der Waals surface area (Å²) >= 11 is 1.74. The minimum Gasteiger partial charge on any atom is -0.362 e. The quantitative estimate of drug-likeness (QED) is 0.571. The van der Waals surface area contributed by atoms with E-state index in [-0.39, 0.29) is 6.04 Å². The van der Waals surface area contributed by atoms with Gasteiger partial charge in [-0.1, -0.05) is 13.0 Å². The first-order valence-electron chi connectivity index (χ1n) is 5.84. The largest absolute Gasteiger partial charge is 0.362 e. The molecule has 4 N–H and O–H groups in total. The smallest absolute Gasteiger partial charge is 0.239 e. The highest BCUT2D eigenvalue weighted by Crippen LogP contribution is 2.26. The fraction of sp³-hybridized carbons (Fsp3) is 0.333. The Kier molecular flexibility index (Phi) is 4.11. The van der Waals surface area contributed by atoms with Crippen LogP contribution in [0.4, 0.5) is 11.8 Å². The molecule has 2 heterocycles. The molecule has 0 aliphatic carbocycles. The Labute approximate surface area is 110 Å². The average molecular weight is 263 g/mol. The molecule has 2 aromatic heterocycles. The molecule has 0 spiro atoms. The monoisotopic (exact) mass is 263 g/mol. The predicted octanol–water partition coefficient (Wildman–Crippen LogP) is 2.70. The molecule has 2 aromatic rings. The van der Waals surface area contributed by atoms with Crippen molar-refractivity contribution in [3.63, 3.8) is 0 Å². The third kappa shape index (κ3) is 2.77. The number of aromatic nitrogens is 2. The summed E-state index contributed by atoms with van der Waals surface area (Å²) in [6, 6.07) is 4.46. The number of aryl methyl sites for hydroxylation is 1. The summed E-state index contributed by atoms with van der Waals surface area (Å²) in [5, 5.41) is 5.52. The summed E-state index contributed by atoms with van der Waals surface area (Å²) in [5.41, 5.74) is 3.46. The SMILES string of the molecule is CCC(Nc1nc(NN)ncc1C)c1cccs1. The highest BCUT2D eigenvalue weighted by atomic mass is 32.1. The van der Waals surface area contributed by atoms with Crippen LogP contribution in [0.2, 0.25) is 0 Å². The molecule has 0 aromatic carbocycles. The topological polar surface area (TPSA) is 75.9 Å². The Bertz CT molecular complexity index is 497. The van der Waals surface area contributed by atoms with E-state index in [0.717, 1.165) is 17.8 Å². The number of nitrogens with two attached hydrogens (primary N) is 1. The lowest BCUT2D eigenvalue weighted by molar-refractivity contribution is 0.756. The zero-order valence-electron chi connectivity index (χ0n) is 10.5. The van der Waals surface area contributed by atoms with Crippen molar-refractivity contribution in [2.45, 2.75) is 26.3 Å². The van der Waals surface area contributed by atoms with Gasteiger partial charge in [-0.3, -0.25) is 5.43 Å². The van der Waals surface area contributed by atoms with Gasteiger partial charge in [-0.2, -0.15) is 4.98 Å². The maximum Gasteiger partial charge on any atom is 0.239 e. The van der Waals surface area contributed by atoms with Crippen LogP contribution < -0.4 is 16.6 Å². The van der Waals surface area contributed by atoms with E-state index in [9.17, 15) is 0 Å². The second kappa shape index (κ2) is 5.79. The average Bonchev–Trinajstić information content (AvgIpc) is 2.91. The molecule has 1 atom stereocenters. The van der Waals surface area contributed by atoms with E-state index < -0.39 is 0 Å². The lowest BCUT2D eigenvalue weighted by atomic mass is 10.2. The molecule has 96 valence electrons. The second-order valence-corrected chi connectivity index (χ2v) is 4.97. The van der Waals surface area contributed by atoms with E-state index in [4.69, 9.17) is 5.84 Å². The van der Waals surface area contributed by atoms with E-state index in [1.165, 1.54) is 4.88 Å². The molecule has 0 amide bonds. The van der Waals surface area contributed by atoms with Gasteiger partial charge in [0.25, 0.3) is 0 Å². The third-order valence-corrected chi connectivity index (χ3v) is 3.69. The Hall–Kier alpha value is -1.66. The van der Waals surface area contributed by atoms with Crippen LogP contribution in [0.3, 0.4) is 0 Å². The highest BCUT2D eigenvalue weighted by molar-refractivity contribution is 7.10. The predicted molar refractivity (Wildman–Crippen MR) is 75.6 cm³/mol. The van der Waals surface area contributed by atoms with Crippen molar-refractivity contribution >= 4 is 23.1 Å². The number of nitrogens with zero attached hydrogens (tertiary/aromatic N) is 2. The number of hydrogen-bond acceptors (Lipinski definition) is 6. The van der Waals surface area contributed by atoms with Crippen molar-refractivity contribution in [2.24, 2.45) is 5.84 Å². The minimum atomic E-state index is 0.268. The molecule has 1 unspecified atom stereocenters. The summed E-state index contributed by atoms with van der Waals surface area (Å²) < 4.78 is 0. The molecular weight excluding hydrogens is 246 g/mol. The van der Waals surface area contributed by atoms with Crippen LogP contribution >= 0.6 is 11.3 Å². The Morgan fingerprint density at radius 2 is 2.33 bits per heavy atom. The van der Waals surface area contributed by atoms with E-state index >= 15 is 0 Å². The van der Waals surface area contributed by atoms with E-state index in [1.807, 2.05) is 6.92 Å². The van der Waals surface area contributed by atoms with Crippen molar-refractivity contribution in [1.29, 1.82) is 0 Å². The van der Waals surface area contributed by atoms with Crippen LogP contribution in [0.1, 0.15) is 29.8 Å². The van der Waals surface area contributed by atoms with Crippen molar-refractivity contribution in [3.8, 4) is 0 Å². The van der Waals surface area contributed by atoms with Crippen LogP contribution in [0.25, 0.3) is 0 Å². The molecule has 0 saturated carbocycles. The molecule has 18 heavy (non-hydrogen) atoms. The van der Waals surface area contributed by atoms with E-state index in [1.54, 1.807) is 17.5 Å². The molecule has 0 aliphatic heterocycles. The molecular formula is C12H17N5S. The standard InChI is InChI=1S/C12H17N5S/c1-3-9(10-5-4-6-18-10)15-11-8(2)7-14-12(16-11)17-13/h4-7,9H,3,13H2,1-2H3,(H2,14,15,16,17). The van der Waals surface area contributed by atoms with Gasteiger partial charge in [0.05, 0.1) is 6.04 Å². The number of hydrogen-bond donors (Lipinski definition) is 3. The normalized spacial score (nSPS) is 12.2. The van der Waals surface area contributed by atoms with Gasteiger partial charge >= 0.3 is 0 Å². The van der Waals surface area contributed by atoms with Gasteiger partial charge in [0, 0.05) is 16.6 Å². The second-order valence-electron chi connectivity index (χ2n) is 3.99. The maximum absolute atomic E-state index is 5.33. The Morgan fingerprint density at radius 1 is 1.50 bits per heavy atom. The summed E-state index contributed by atoms with van der Waals surface area (Å²) in [4.78, 5) is 9.71. The number of anilines is 2. The minimum absolute atomic E-state index is 0.268. The van der Waals surface area contributed by atoms with Gasteiger partial charge in [0.1, 0.15) is 5.82 Å². The number of hydrazine groups is 1. The van der Waals surface area contributed by atoms with Crippen LogP contribution in [0, 0.1) is 6.92 Å². The van der Waals surface area contributed by atoms with Crippen LogP contribution in [-0.4, -0.2) is 9.97 Å². The molecule has 5 nitrogen and oxygen atoms in total. The maximum atomic E-state index is 5.33. The first-order valence-corrected chi connectivity index (χ1v) is 6.72.